The van der Waals surface area contributed by atoms with Crippen LogP contribution in [0, 0.1) is 27.7 Å². The van der Waals surface area contributed by atoms with Crippen LogP contribution in [0.25, 0.3) is 11.5 Å². The van der Waals surface area contributed by atoms with Crippen molar-refractivity contribution in [3.8, 4) is 5.69 Å². The van der Waals surface area contributed by atoms with Gasteiger partial charge in [-0.2, -0.15) is 5.10 Å². The van der Waals surface area contributed by atoms with Crippen molar-refractivity contribution in [3.05, 3.63) is 59.2 Å². The largest absolute Gasteiger partial charge is 0.322 e. The SMILES string of the molecule is Cc1cc(C)n2c(SCC(=O)Nc3c(C)nn(-c4ccccc4)c3C)nnc2n1. The van der Waals surface area contributed by atoms with Gasteiger partial charge in [0.05, 0.1) is 28.5 Å². The Morgan fingerprint density at radius 2 is 1.86 bits per heavy atom. The number of fused-ring (bicyclic) bond motifs is 1. The van der Waals surface area contributed by atoms with Crippen molar-refractivity contribution in [3.63, 3.8) is 0 Å². The summed E-state index contributed by atoms with van der Waals surface area (Å²) in [5.74, 6) is 0.633. The molecule has 0 atom stereocenters. The van der Waals surface area contributed by atoms with Crippen molar-refractivity contribution in [1.29, 1.82) is 0 Å². The second kappa shape index (κ2) is 7.67. The highest BCUT2D eigenvalue weighted by molar-refractivity contribution is 7.99. The van der Waals surface area contributed by atoms with Crippen LogP contribution in [0.1, 0.15) is 22.8 Å². The molecule has 0 spiro atoms. The molecule has 3 heterocycles. The van der Waals surface area contributed by atoms with Gasteiger partial charge in [0, 0.05) is 11.4 Å². The zero-order valence-electron chi connectivity index (χ0n) is 16.7. The Bertz CT molecular complexity index is 1200. The van der Waals surface area contributed by atoms with Gasteiger partial charge < -0.3 is 5.32 Å². The molecule has 148 valence electrons. The molecule has 9 heteroatoms. The summed E-state index contributed by atoms with van der Waals surface area (Å²) in [5, 5.41) is 16.5. The Hall–Kier alpha value is -3.20. The number of carbonyl (C=O) groups excluding carboxylic acids is 1. The average Bonchev–Trinajstić information content (AvgIpc) is 3.23. The fraction of sp³-hybridized carbons (Fsp3) is 0.250. The van der Waals surface area contributed by atoms with Crippen LogP contribution in [0.3, 0.4) is 0 Å². The van der Waals surface area contributed by atoms with E-state index in [1.807, 2.05) is 73.2 Å². The minimum atomic E-state index is -0.122. The van der Waals surface area contributed by atoms with Gasteiger partial charge in [-0.05, 0) is 45.9 Å². The number of rotatable bonds is 5. The number of aromatic nitrogens is 6. The number of hydrogen-bond donors (Lipinski definition) is 1. The van der Waals surface area contributed by atoms with Crippen LogP contribution in [0.15, 0.2) is 41.6 Å². The van der Waals surface area contributed by atoms with Gasteiger partial charge >= 0.3 is 0 Å². The van der Waals surface area contributed by atoms with E-state index in [4.69, 9.17) is 0 Å². The van der Waals surface area contributed by atoms with Gasteiger partial charge in [-0.3, -0.25) is 9.20 Å². The maximum Gasteiger partial charge on any atom is 0.256 e. The highest BCUT2D eigenvalue weighted by Crippen LogP contribution is 2.24. The molecule has 0 radical (unpaired) electrons. The van der Waals surface area contributed by atoms with Gasteiger partial charge in [-0.15, -0.1) is 10.2 Å². The number of hydrogen-bond acceptors (Lipinski definition) is 6. The number of para-hydroxylation sites is 1. The van der Waals surface area contributed by atoms with E-state index in [1.165, 1.54) is 11.8 Å². The molecule has 0 unspecified atom stereocenters. The molecule has 4 rings (SSSR count). The van der Waals surface area contributed by atoms with Gasteiger partial charge in [0.1, 0.15) is 0 Å². The lowest BCUT2D eigenvalue weighted by atomic mass is 10.3. The van der Waals surface area contributed by atoms with Gasteiger partial charge in [-0.1, -0.05) is 30.0 Å². The maximum absolute atomic E-state index is 12.6. The van der Waals surface area contributed by atoms with Crippen LogP contribution in [-0.4, -0.2) is 41.0 Å². The second-order valence-electron chi connectivity index (χ2n) is 6.79. The molecular formula is C20H21N7OS. The van der Waals surface area contributed by atoms with Crippen LogP contribution >= 0.6 is 11.8 Å². The van der Waals surface area contributed by atoms with Crippen LogP contribution in [0.2, 0.25) is 0 Å². The van der Waals surface area contributed by atoms with Crippen molar-refractivity contribution < 1.29 is 4.79 Å². The smallest absolute Gasteiger partial charge is 0.256 e. The molecule has 4 aromatic rings. The number of carbonyl (C=O) groups is 1. The quantitative estimate of drug-likeness (QED) is 0.511. The van der Waals surface area contributed by atoms with E-state index in [0.29, 0.717) is 10.9 Å². The Morgan fingerprint density at radius 1 is 1.10 bits per heavy atom. The predicted molar refractivity (Wildman–Crippen MR) is 113 cm³/mol. The van der Waals surface area contributed by atoms with Crippen LogP contribution in [-0.2, 0) is 4.79 Å². The van der Waals surface area contributed by atoms with Gasteiger partial charge in [0.2, 0.25) is 5.91 Å². The van der Waals surface area contributed by atoms with E-state index in [-0.39, 0.29) is 11.7 Å². The number of anilines is 1. The summed E-state index contributed by atoms with van der Waals surface area (Å²) in [6, 6.07) is 11.8. The Morgan fingerprint density at radius 3 is 2.62 bits per heavy atom. The monoisotopic (exact) mass is 407 g/mol. The van der Waals surface area contributed by atoms with Crippen LogP contribution in [0.5, 0.6) is 0 Å². The Labute approximate surface area is 172 Å². The van der Waals surface area contributed by atoms with E-state index >= 15 is 0 Å². The molecule has 1 N–H and O–H groups in total. The van der Waals surface area contributed by atoms with E-state index in [1.54, 1.807) is 0 Å². The summed E-state index contributed by atoms with van der Waals surface area (Å²) in [4.78, 5) is 17.0. The predicted octanol–water partition coefficient (Wildman–Crippen LogP) is 3.27. The molecule has 0 saturated heterocycles. The van der Waals surface area contributed by atoms with Gasteiger partial charge in [-0.25, -0.2) is 9.67 Å². The fourth-order valence-corrected chi connectivity index (χ4v) is 4.03. The molecule has 1 aromatic carbocycles. The molecule has 29 heavy (non-hydrogen) atoms. The number of benzene rings is 1. The number of nitrogens with one attached hydrogen (secondary N) is 1. The summed E-state index contributed by atoms with van der Waals surface area (Å²) < 4.78 is 3.69. The first-order valence-corrected chi connectivity index (χ1v) is 10.2. The first kappa shape index (κ1) is 19.1. The van der Waals surface area contributed by atoms with Crippen molar-refractivity contribution in [1.82, 2.24) is 29.4 Å². The topological polar surface area (TPSA) is 90.0 Å². The molecule has 0 fully saturated rings. The normalized spacial score (nSPS) is 11.2. The van der Waals surface area contributed by atoms with Crippen LogP contribution < -0.4 is 5.32 Å². The summed E-state index contributed by atoms with van der Waals surface area (Å²) >= 11 is 1.33. The maximum atomic E-state index is 12.6. The lowest BCUT2D eigenvalue weighted by molar-refractivity contribution is -0.113. The average molecular weight is 408 g/mol. The molecule has 0 bridgehead atoms. The Kier molecular flexibility index (Phi) is 5.06. The van der Waals surface area contributed by atoms with Crippen molar-refractivity contribution >= 4 is 29.1 Å². The van der Waals surface area contributed by atoms with E-state index in [9.17, 15) is 4.79 Å². The number of aryl methyl sites for hydroxylation is 3. The molecule has 0 aliphatic carbocycles. The van der Waals surface area contributed by atoms with Crippen LogP contribution in [0.4, 0.5) is 5.69 Å². The number of amides is 1. The third-order valence-electron chi connectivity index (χ3n) is 4.55. The molecule has 0 aliphatic rings. The molecule has 0 aliphatic heterocycles. The third kappa shape index (κ3) is 3.73. The summed E-state index contributed by atoms with van der Waals surface area (Å²) in [6.07, 6.45) is 0. The first-order chi connectivity index (χ1) is 13.9. The second-order valence-corrected chi connectivity index (χ2v) is 7.73. The highest BCUT2D eigenvalue weighted by atomic mass is 32.2. The summed E-state index contributed by atoms with van der Waals surface area (Å²) in [5.41, 5.74) is 5.22. The van der Waals surface area contributed by atoms with Gasteiger partial charge in [0.15, 0.2) is 5.16 Å². The zero-order valence-corrected chi connectivity index (χ0v) is 17.5. The highest BCUT2D eigenvalue weighted by Gasteiger charge is 2.17. The first-order valence-electron chi connectivity index (χ1n) is 9.17. The van der Waals surface area contributed by atoms with E-state index in [0.717, 1.165) is 34.2 Å². The molecule has 0 saturated carbocycles. The molecule has 1 amide bonds. The van der Waals surface area contributed by atoms with Crippen molar-refractivity contribution in [2.75, 3.05) is 11.1 Å². The Balaban J connectivity index is 1.49. The number of thioether (sulfide) groups is 1. The van der Waals surface area contributed by atoms with E-state index < -0.39 is 0 Å². The van der Waals surface area contributed by atoms with Crippen molar-refractivity contribution in [2.45, 2.75) is 32.9 Å². The third-order valence-corrected chi connectivity index (χ3v) is 5.48. The lowest BCUT2D eigenvalue weighted by Gasteiger charge is -2.07. The molecular weight excluding hydrogens is 386 g/mol. The van der Waals surface area contributed by atoms with E-state index in [2.05, 4.69) is 25.6 Å². The molecule has 3 aromatic heterocycles. The number of nitrogens with zero attached hydrogens (tertiary/aromatic N) is 6. The summed E-state index contributed by atoms with van der Waals surface area (Å²) in [6.45, 7) is 7.72. The molecule has 8 nitrogen and oxygen atoms in total. The van der Waals surface area contributed by atoms with Gasteiger partial charge in [0.25, 0.3) is 5.78 Å². The fourth-order valence-electron chi connectivity index (χ4n) is 3.24. The standard InChI is InChI=1S/C20H21N7OS/c1-12-10-13(2)26-19(21-12)23-24-20(26)29-11-17(28)22-18-14(3)25-27(15(18)4)16-8-6-5-7-9-16/h5-10H,11H2,1-4H3,(H,22,28). The minimum absolute atomic E-state index is 0.122. The minimum Gasteiger partial charge on any atom is -0.322 e. The summed E-state index contributed by atoms with van der Waals surface area (Å²) in [7, 11) is 0. The van der Waals surface area contributed by atoms with Crippen molar-refractivity contribution in [2.24, 2.45) is 0 Å². The zero-order chi connectivity index (χ0) is 20.5. The lowest BCUT2D eigenvalue weighted by Crippen LogP contribution is -2.15.